The molecule has 4 aromatic carbocycles. The summed E-state index contributed by atoms with van der Waals surface area (Å²) < 4.78 is 0. The van der Waals surface area contributed by atoms with Gasteiger partial charge in [-0.05, 0) is 35.1 Å². The molecule has 0 unspecified atom stereocenters. The van der Waals surface area contributed by atoms with Crippen molar-refractivity contribution in [3.05, 3.63) is 144 Å². The van der Waals surface area contributed by atoms with Crippen molar-refractivity contribution in [3.63, 3.8) is 0 Å². The van der Waals surface area contributed by atoms with Gasteiger partial charge in [0, 0.05) is 0 Å². The Kier molecular flexibility index (Phi) is 7.19. The summed E-state index contributed by atoms with van der Waals surface area (Å²) in [4.78, 5) is 26.4. The molecule has 1 atom stereocenters. The van der Waals surface area contributed by atoms with E-state index < -0.39 is 17.4 Å². The molecule has 0 spiro atoms. The maximum atomic E-state index is 14.2. The zero-order valence-electron chi connectivity index (χ0n) is 18.8. The predicted octanol–water partition coefficient (Wildman–Crippen LogP) is 5.22. The summed E-state index contributed by atoms with van der Waals surface area (Å²) in [6.45, 7) is 0. The number of rotatable bonds is 9. The van der Waals surface area contributed by atoms with Gasteiger partial charge in [-0.3, -0.25) is 4.79 Å². The molecule has 0 aromatic heterocycles. The zero-order chi connectivity index (χ0) is 23.8. The molecule has 0 aliphatic rings. The zero-order valence-corrected chi connectivity index (χ0v) is 18.8. The van der Waals surface area contributed by atoms with E-state index in [-0.39, 0.29) is 5.91 Å². The molecule has 2 N–H and O–H groups in total. The summed E-state index contributed by atoms with van der Waals surface area (Å²) in [6, 6.07) is 37.3. The second-order valence-corrected chi connectivity index (χ2v) is 8.24. The molecule has 4 rings (SSSR count). The van der Waals surface area contributed by atoms with Crippen LogP contribution in [0.5, 0.6) is 0 Å². The van der Waals surface area contributed by atoms with Crippen LogP contribution in [0.2, 0.25) is 0 Å². The summed E-state index contributed by atoms with van der Waals surface area (Å²) >= 11 is 0. The van der Waals surface area contributed by atoms with Gasteiger partial charge in [0.15, 0.2) is 0 Å². The van der Waals surface area contributed by atoms with E-state index in [1.165, 1.54) is 0 Å². The summed E-state index contributed by atoms with van der Waals surface area (Å²) in [5.74, 6) is -1.41. The molecular weight excluding hydrogens is 422 g/mol. The Bertz CT molecular complexity index is 1110. The van der Waals surface area contributed by atoms with E-state index in [4.69, 9.17) is 0 Å². The number of hydrogen-bond donors (Lipinski definition) is 2. The molecule has 0 fully saturated rings. The van der Waals surface area contributed by atoms with Crippen LogP contribution in [0, 0.1) is 0 Å². The maximum absolute atomic E-state index is 14.2. The number of hydrogen-bond acceptors (Lipinski definition) is 2. The Balaban J connectivity index is 1.78. The number of carbonyl (C=O) groups is 2. The third-order valence-electron chi connectivity index (χ3n) is 6.13. The summed E-state index contributed by atoms with van der Waals surface area (Å²) in [5.41, 5.74) is 2.15. The third-order valence-corrected chi connectivity index (χ3v) is 6.13. The summed E-state index contributed by atoms with van der Waals surface area (Å²) in [5, 5.41) is 12.8. The molecule has 0 saturated heterocycles. The van der Waals surface area contributed by atoms with Crippen LogP contribution in [0.3, 0.4) is 0 Å². The Labute approximate surface area is 199 Å². The van der Waals surface area contributed by atoms with Crippen molar-refractivity contribution in [3.8, 4) is 0 Å². The monoisotopic (exact) mass is 449 g/mol. The lowest BCUT2D eigenvalue weighted by atomic mass is 9.68. The highest BCUT2D eigenvalue weighted by atomic mass is 16.4. The van der Waals surface area contributed by atoms with E-state index in [0.717, 1.165) is 22.3 Å². The lowest BCUT2D eigenvalue weighted by molar-refractivity contribution is -0.142. The van der Waals surface area contributed by atoms with Gasteiger partial charge in [0.25, 0.3) is 0 Å². The van der Waals surface area contributed by atoms with Gasteiger partial charge in [0.2, 0.25) is 5.91 Å². The van der Waals surface area contributed by atoms with E-state index in [2.05, 4.69) is 5.32 Å². The normalized spacial score (nSPS) is 12.0. The number of carbonyl (C=O) groups excluding carboxylic acids is 1. The van der Waals surface area contributed by atoms with Gasteiger partial charge < -0.3 is 10.4 Å². The molecule has 170 valence electrons. The molecule has 4 heteroatoms. The van der Waals surface area contributed by atoms with E-state index >= 15 is 0 Å². The maximum Gasteiger partial charge on any atom is 0.326 e. The summed E-state index contributed by atoms with van der Waals surface area (Å²) in [6.07, 6.45) is 0.840. The second-order valence-electron chi connectivity index (χ2n) is 8.24. The fourth-order valence-electron chi connectivity index (χ4n) is 4.44. The lowest BCUT2D eigenvalue weighted by Crippen LogP contribution is -2.52. The number of carboxylic acids is 1. The number of aliphatic carboxylic acids is 1. The fraction of sp³-hybridized carbons (Fsp3) is 0.133. The first-order chi connectivity index (χ1) is 16.6. The number of carboxylic acid groups (broad SMARTS) is 1. The van der Waals surface area contributed by atoms with E-state index in [9.17, 15) is 14.7 Å². The smallest absolute Gasteiger partial charge is 0.326 e. The molecule has 0 saturated carbocycles. The average Bonchev–Trinajstić information content (AvgIpc) is 2.89. The quantitative estimate of drug-likeness (QED) is 0.344. The Morgan fingerprint density at radius 3 is 1.41 bits per heavy atom. The van der Waals surface area contributed by atoms with Crippen molar-refractivity contribution in [2.24, 2.45) is 0 Å². The van der Waals surface area contributed by atoms with Crippen LogP contribution >= 0.6 is 0 Å². The van der Waals surface area contributed by atoms with Gasteiger partial charge in [-0.15, -0.1) is 0 Å². The van der Waals surface area contributed by atoms with Gasteiger partial charge in [-0.1, -0.05) is 121 Å². The van der Waals surface area contributed by atoms with Crippen molar-refractivity contribution < 1.29 is 14.7 Å². The van der Waals surface area contributed by atoms with Crippen molar-refractivity contribution >= 4 is 11.9 Å². The number of aryl methyl sites for hydroxylation is 1. The molecule has 0 aliphatic carbocycles. The van der Waals surface area contributed by atoms with Crippen LogP contribution in [-0.2, 0) is 21.4 Å². The van der Waals surface area contributed by atoms with Crippen molar-refractivity contribution in [1.29, 1.82) is 0 Å². The molecule has 0 aliphatic heterocycles. The molecule has 4 nitrogen and oxygen atoms in total. The molecule has 1 amide bonds. The van der Waals surface area contributed by atoms with Crippen LogP contribution < -0.4 is 5.32 Å². The third kappa shape index (κ3) is 4.76. The highest BCUT2D eigenvalue weighted by molar-refractivity contribution is 5.98. The van der Waals surface area contributed by atoms with E-state index in [1.807, 2.05) is 121 Å². The second kappa shape index (κ2) is 10.6. The predicted molar refractivity (Wildman–Crippen MR) is 134 cm³/mol. The topological polar surface area (TPSA) is 66.4 Å². The molecule has 0 bridgehead atoms. The number of benzene rings is 4. The Hall–Kier alpha value is -4.18. The fourth-order valence-corrected chi connectivity index (χ4v) is 4.44. The van der Waals surface area contributed by atoms with E-state index in [1.54, 1.807) is 0 Å². The molecular formula is C30H27NO3. The first-order valence-electron chi connectivity index (χ1n) is 11.4. The number of nitrogens with one attached hydrogen (secondary N) is 1. The number of amides is 1. The van der Waals surface area contributed by atoms with Gasteiger partial charge in [-0.2, -0.15) is 0 Å². The van der Waals surface area contributed by atoms with Crippen LogP contribution in [-0.4, -0.2) is 23.0 Å². The minimum atomic E-state index is -1.20. The average molecular weight is 450 g/mol. The van der Waals surface area contributed by atoms with Gasteiger partial charge in [0.1, 0.15) is 11.5 Å². The van der Waals surface area contributed by atoms with Crippen LogP contribution in [0.4, 0.5) is 0 Å². The van der Waals surface area contributed by atoms with Crippen LogP contribution in [0.1, 0.15) is 28.7 Å². The van der Waals surface area contributed by atoms with E-state index in [0.29, 0.717) is 12.8 Å². The first-order valence-corrected chi connectivity index (χ1v) is 11.4. The Morgan fingerprint density at radius 2 is 1.03 bits per heavy atom. The van der Waals surface area contributed by atoms with Crippen LogP contribution in [0.15, 0.2) is 121 Å². The largest absolute Gasteiger partial charge is 0.480 e. The van der Waals surface area contributed by atoms with Gasteiger partial charge >= 0.3 is 5.97 Å². The molecule has 0 heterocycles. The molecule has 4 aromatic rings. The van der Waals surface area contributed by atoms with Crippen molar-refractivity contribution in [1.82, 2.24) is 5.32 Å². The summed E-state index contributed by atoms with van der Waals surface area (Å²) in [7, 11) is 0. The van der Waals surface area contributed by atoms with Crippen LogP contribution in [0.25, 0.3) is 0 Å². The molecule has 0 radical (unpaired) electrons. The first kappa shape index (κ1) is 23.0. The minimum absolute atomic E-state index is 0.291. The van der Waals surface area contributed by atoms with Gasteiger partial charge in [-0.25, -0.2) is 4.79 Å². The lowest BCUT2D eigenvalue weighted by Gasteiger charge is -2.35. The Morgan fingerprint density at radius 1 is 0.647 bits per heavy atom. The molecule has 34 heavy (non-hydrogen) atoms. The standard InChI is InChI=1S/C30H27NO3/c32-28(33)27(22-21-23-13-5-1-6-14-23)31-29(34)30(24-15-7-2-8-16-24,25-17-9-3-10-18-25)26-19-11-4-12-20-26/h1-20,27H,21-22H2,(H,31,34)(H,32,33)/t27-/m0/s1. The SMILES string of the molecule is O=C(O)[C@H](CCc1ccccc1)NC(=O)C(c1ccccc1)(c1ccccc1)c1ccccc1. The van der Waals surface area contributed by atoms with Gasteiger partial charge in [0.05, 0.1) is 0 Å². The minimum Gasteiger partial charge on any atom is -0.480 e. The van der Waals surface area contributed by atoms with Crippen molar-refractivity contribution in [2.45, 2.75) is 24.3 Å². The highest BCUT2D eigenvalue weighted by Gasteiger charge is 2.44. The highest BCUT2D eigenvalue weighted by Crippen LogP contribution is 2.39. The van der Waals surface area contributed by atoms with Crippen molar-refractivity contribution in [2.75, 3.05) is 0 Å².